The molecule has 1 heterocycles. The lowest BCUT2D eigenvalue weighted by atomic mass is 9.95. The van der Waals surface area contributed by atoms with Gasteiger partial charge in [-0.1, -0.05) is 19.1 Å². The molecule has 3 atom stereocenters. The molecule has 0 aliphatic carbocycles. The van der Waals surface area contributed by atoms with Crippen LogP contribution in [0.4, 0.5) is 4.39 Å². The first-order valence-electron chi connectivity index (χ1n) is 7.78. The molecule has 3 unspecified atom stereocenters. The number of benzene rings is 1. The standard InChI is InChI=1S/C17H23FN2O2.ClH/c1-11(17(22)13-4-3-5-14(18)10-13)8-16(21)20-15-6-7-19-12(2)9-15;/h3-5,10-12,15,19H,6-9H2,1-2H3,(H,20,21);1H. The van der Waals surface area contributed by atoms with Gasteiger partial charge in [-0.15, -0.1) is 12.4 Å². The maximum atomic E-state index is 13.2. The maximum absolute atomic E-state index is 13.2. The number of carbonyl (C=O) groups is 2. The van der Waals surface area contributed by atoms with Gasteiger partial charge in [0, 0.05) is 30.0 Å². The Morgan fingerprint density at radius 3 is 2.83 bits per heavy atom. The lowest BCUT2D eigenvalue weighted by Gasteiger charge is -2.29. The summed E-state index contributed by atoms with van der Waals surface area (Å²) in [6, 6.07) is 6.16. The quantitative estimate of drug-likeness (QED) is 0.809. The number of halogens is 2. The third-order valence-electron chi connectivity index (χ3n) is 4.04. The molecule has 0 aromatic heterocycles. The zero-order valence-corrected chi connectivity index (χ0v) is 14.3. The van der Waals surface area contributed by atoms with Gasteiger partial charge in [-0.2, -0.15) is 0 Å². The number of Topliss-reactive ketones (excluding diaryl/α,β-unsaturated/α-hetero) is 1. The molecule has 0 spiro atoms. The van der Waals surface area contributed by atoms with E-state index in [1.54, 1.807) is 13.0 Å². The van der Waals surface area contributed by atoms with E-state index in [0.29, 0.717) is 11.6 Å². The average Bonchev–Trinajstić information content (AvgIpc) is 2.46. The van der Waals surface area contributed by atoms with Gasteiger partial charge in [0.25, 0.3) is 0 Å². The molecule has 23 heavy (non-hydrogen) atoms. The van der Waals surface area contributed by atoms with Gasteiger partial charge in [0.1, 0.15) is 5.82 Å². The number of hydrogen-bond donors (Lipinski definition) is 2. The van der Waals surface area contributed by atoms with Gasteiger partial charge in [-0.3, -0.25) is 9.59 Å². The lowest BCUT2D eigenvalue weighted by Crippen LogP contribution is -2.47. The van der Waals surface area contributed by atoms with Gasteiger partial charge in [-0.05, 0) is 38.4 Å². The average molecular weight is 343 g/mol. The van der Waals surface area contributed by atoms with Crippen molar-refractivity contribution in [3.63, 3.8) is 0 Å². The van der Waals surface area contributed by atoms with Crippen molar-refractivity contribution in [3.8, 4) is 0 Å². The molecule has 1 fully saturated rings. The van der Waals surface area contributed by atoms with E-state index in [1.165, 1.54) is 18.2 Å². The van der Waals surface area contributed by atoms with Crippen LogP contribution < -0.4 is 10.6 Å². The molecule has 1 aromatic rings. The first kappa shape index (κ1) is 19.6. The van der Waals surface area contributed by atoms with Crippen LogP contribution in [0.5, 0.6) is 0 Å². The van der Waals surface area contributed by atoms with Crippen LogP contribution in [0.25, 0.3) is 0 Å². The highest BCUT2D eigenvalue weighted by atomic mass is 35.5. The molecule has 6 heteroatoms. The SMILES string of the molecule is CC1CC(NC(=O)CC(C)C(=O)c2cccc(F)c2)CCN1.Cl. The van der Waals surface area contributed by atoms with Gasteiger partial charge in [0.15, 0.2) is 5.78 Å². The number of ketones is 1. The van der Waals surface area contributed by atoms with E-state index >= 15 is 0 Å². The Hall–Kier alpha value is -1.46. The van der Waals surface area contributed by atoms with E-state index in [9.17, 15) is 14.0 Å². The van der Waals surface area contributed by atoms with Crippen LogP contribution in [-0.2, 0) is 4.79 Å². The summed E-state index contributed by atoms with van der Waals surface area (Å²) in [5.41, 5.74) is 0.316. The zero-order valence-electron chi connectivity index (χ0n) is 13.5. The molecule has 2 N–H and O–H groups in total. The van der Waals surface area contributed by atoms with Crippen molar-refractivity contribution in [2.75, 3.05) is 6.54 Å². The third-order valence-corrected chi connectivity index (χ3v) is 4.04. The maximum Gasteiger partial charge on any atom is 0.220 e. The van der Waals surface area contributed by atoms with Gasteiger partial charge < -0.3 is 10.6 Å². The van der Waals surface area contributed by atoms with E-state index in [2.05, 4.69) is 17.6 Å². The minimum Gasteiger partial charge on any atom is -0.353 e. The van der Waals surface area contributed by atoms with Gasteiger partial charge in [0.05, 0.1) is 0 Å². The highest BCUT2D eigenvalue weighted by molar-refractivity contribution is 5.99. The minimum absolute atomic E-state index is 0. The van der Waals surface area contributed by atoms with E-state index in [0.717, 1.165) is 19.4 Å². The molecule has 0 radical (unpaired) electrons. The summed E-state index contributed by atoms with van der Waals surface area (Å²) < 4.78 is 13.2. The van der Waals surface area contributed by atoms with Crippen LogP contribution in [-0.4, -0.2) is 30.3 Å². The topological polar surface area (TPSA) is 58.2 Å². The summed E-state index contributed by atoms with van der Waals surface area (Å²) in [7, 11) is 0. The second kappa shape index (κ2) is 8.99. The molecule has 0 saturated carbocycles. The number of carbonyl (C=O) groups excluding carboxylic acids is 2. The van der Waals surface area contributed by atoms with E-state index < -0.39 is 11.7 Å². The van der Waals surface area contributed by atoms with Crippen LogP contribution in [0.15, 0.2) is 24.3 Å². The molecule has 2 rings (SSSR count). The largest absolute Gasteiger partial charge is 0.353 e. The Bertz CT molecular complexity index is 553. The molecule has 1 saturated heterocycles. The summed E-state index contributed by atoms with van der Waals surface area (Å²) in [6.07, 6.45) is 1.94. The Morgan fingerprint density at radius 1 is 1.43 bits per heavy atom. The summed E-state index contributed by atoms with van der Waals surface area (Å²) in [6.45, 7) is 4.69. The van der Waals surface area contributed by atoms with Crippen LogP contribution in [0.1, 0.15) is 43.5 Å². The van der Waals surface area contributed by atoms with Crippen molar-refractivity contribution in [1.29, 1.82) is 0 Å². The molecule has 1 aromatic carbocycles. The first-order valence-corrected chi connectivity index (χ1v) is 7.78. The Kier molecular flexibility index (Phi) is 7.65. The predicted molar refractivity (Wildman–Crippen MR) is 90.4 cm³/mol. The summed E-state index contributed by atoms with van der Waals surface area (Å²) >= 11 is 0. The summed E-state index contributed by atoms with van der Waals surface area (Å²) in [4.78, 5) is 24.3. The van der Waals surface area contributed by atoms with Crippen molar-refractivity contribution in [1.82, 2.24) is 10.6 Å². The molecule has 0 bridgehead atoms. The monoisotopic (exact) mass is 342 g/mol. The Labute approximate surface area is 142 Å². The number of amides is 1. The molecule has 1 aliphatic heterocycles. The molecular formula is C17H24ClFN2O2. The van der Waals surface area contributed by atoms with Crippen molar-refractivity contribution in [2.24, 2.45) is 5.92 Å². The van der Waals surface area contributed by atoms with E-state index in [4.69, 9.17) is 0 Å². The highest BCUT2D eigenvalue weighted by Gasteiger charge is 2.23. The van der Waals surface area contributed by atoms with Crippen molar-refractivity contribution >= 4 is 24.1 Å². The van der Waals surface area contributed by atoms with Gasteiger partial charge in [-0.25, -0.2) is 4.39 Å². The molecule has 1 aliphatic rings. The number of rotatable bonds is 5. The third kappa shape index (κ3) is 5.92. The second-order valence-corrected chi connectivity index (χ2v) is 6.12. The van der Waals surface area contributed by atoms with Crippen LogP contribution in [0.3, 0.4) is 0 Å². The minimum atomic E-state index is -0.457. The van der Waals surface area contributed by atoms with E-state index in [-0.39, 0.29) is 36.6 Å². The van der Waals surface area contributed by atoms with Crippen molar-refractivity contribution in [2.45, 2.75) is 45.2 Å². The Balaban J connectivity index is 0.00000264. The normalized spacial score (nSPS) is 21.9. The van der Waals surface area contributed by atoms with Gasteiger partial charge >= 0.3 is 0 Å². The van der Waals surface area contributed by atoms with Crippen molar-refractivity contribution in [3.05, 3.63) is 35.6 Å². The fourth-order valence-electron chi connectivity index (χ4n) is 2.85. The first-order chi connectivity index (χ1) is 10.5. The smallest absolute Gasteiger partial charge is 0.220 e. The second-order valence-electron chi connectivity index (χ2n) is 6.12. The number of piperidine rings is 1. The van der Waals surface area contributed by atoms with Crippen molar-refractivity contribution < 1.29 is 14.0 Å². The summed E-state index contributed by atoms with van der Waals surface area (Å²) in [5, 5.41) is 6.32. The van der Waals surface area contributed by atoms with Crippen LogP contribution in [0, 0.1) is 11.7 Å². The zero-order chi connectivity index (χ0) is 16.1. The van der Waals surface area contributed by atoms with E-state index in [1.807, 2.05) is 0 Å². The predicted octanol–water partition coefficient (Wildman–Crippen LogP) is 2.71. The lowest BCUT2D eigenvalue weighted by molar-refractivity contribution is -0.122. The molecule has 1 amide bonds. The molecular weight excluding hydrogens is 319 g/mol. The molecule has 128 valence electrons. The van der Waals surface area contributed by atoms with Crippen LogP contribution in [0.2, 0.25) is 0 Å². The fourth-order valence-corrected chi connectivity index (χ4v) is 2.85. The van der Waals surface area contributed by atoms with Crippen LogP contribution >= 0.6 is 12.4 Å². The fraction of sp³-hybridized carbons (Fsp3) is 0.529. The highest BCUT2D eigenvalue weighted by Crippen LogP contribution is 2.14. The van der Waals surface area contributed by atoms with Gasteiger partial charge in [0.2, 0.25) is 5.91 Å². The number of hydrogen-bond acceptors (Lipinski definition) is 3. The number of nitrogens with one attached hydrogen (secondary N) is 2. The molecule has 4 nitrogen and oxygen atoms in total. The summed E-state index contributed by atoms with van der Waals surface area (Å²) in [5.74, 6) is -1.21. The Morgan fingerprint density at radius 2 is 2.17 bits per heavy atom.